The van der Waals surface area contributed by atoms with Crippen LogP contribution in [0.2, 0.25) is 5.02 Å². The molecule has 1 N–H and O–H groups in total. The van der Waals surface area contributed by atoms with Gasteiger partial charge in [0.1, 0.15) is 18.4 Å². The number of carbonyl (C=O) groups excluding carboxylic acids is 1. The summed E-state index contributed by atoms with van der Waals surface area (Å²) in [6.45, 7) is 2.49. The Morgan fingerprint density at radius 2 is 2.03 bits per heavy atom. The maximum absolute atomic E-state index is 12.6. The molecular weight excluding hydrogens is 390 g/mol. The van der Waals surface area contributed by atoms with Gasteiger partial charge in [-0.2, -0.15) is 5.10 Å². The standard InChI is InChI=1S/C21H24ClN5O2/c1-15(16-4-7-18(8-5-16)27-14-23-13-25-27)26(2)21(28)10-11-24-19-12-17(22)6-9-20(19)29-3/h4-9,12-15,24H,10-11H2,1-3H3. The van der Waals surface area contributed by atoms with Crippen molar-refractivity contribution >= 4 is 23.2 Å². The Morgan fingerprint density at radius 1 is 1.28 bits per heavy atom. The van der Waals surface area contributed by atoms with Crippen LogP contribution < -0.4 is 10.1 Å². The predicted octanol–water partition coefficient (Wildman–Crippen LogP) is 3.95. The Kier molecular flexibility index (Phi) is 6.72. The second kappa shape index (κ2) is 9.43. The van der Waals surface area contributed by atoms with E-state index in [4.69, 9.17) is 16.3 Å². The summed E-state index contributed by atoms with van der Waals surface area (Å²) in [5.74, 6) is 0.738. The van der Waals surface area contributed by atoms with Crippen molar-refractivity contribution in [1.29, 1.82) is 0 Å². The van der Waals surface area contributed by atoms with Crippen LogP contribution in [-0.2, 0) is 4.79 Å². The van der Waals surface area contributed by atoms with Gasteiger partial charge in [-0.1, -0.05) is 23.7 Å². The molecule has 8 heteroatoms. The smallest absolute Gasteiger partial charge is 0.224 e. The minimum absolute atomic E-state index is 0.0475. The third-order valence-corrected chi connectivity index (χ3v) is 5.08. The van der Waals surface area contributed by atoms with Crippen LogP contribution in [0.1, 0.15) is 24.9 Å². The molecule has 7 nitrogen and oxygen atoms in total. The number of nitrogens with one attached hydrogen (secondary N) is 1. The monoisotopic (exact) mass is 413 g/mol. The fourth-order valence-electron chi connectivity index (χ4n) is 2.99. The molecule has 0 saturated carbocycles. The first-order chi connectivity index (χ1) is 14.0. The van der Waals surface area contributed by atoms with Gasteiger partial charge in [-0.25, -0.2) is 9.67 Å². The first-order valence-corrected chi connectivity index (χ1v) is 9.65. The number of hydrogen-bond donors (Lipinski definition) is 1. The molecular formula is C21H24ClN5O2. The van der Waals surface area contributed by atoms with Crippen molar-refractivity contribution in [3.05, 3.63) is 65.7 Å². The quantitative estimate of drug-likeness (QED) is 0.605. The number of methoxy groups -OCH3 is 1. The van der Waals surface area contributed by atoms with Gasteiger partial charge in [0.25, 0.3) is 0 Å². The molecule has 29 heavy (non-hydrogen) atoms. The van der Waals surface area contributed by atoms with E-state index in [-0.39, 0.29) is 11.9 Å². The van der Waals surface area contributed by atoms with Crippen molar-refractivity contribution in [2.45, 2.75) is 19.4 Å². The van der Waals surface area contributed by atoms with Gasteiger partial charge in [-0.05, 0) is 42.8 Å². The van der Waals surface area contributed by atoms with Crippen LogP contribution in [0.4, 0.5) is 5.69 Å². The van der Waals surface area contributed by atoms with Crippen LogP contribution >= 0.6 is 11.6 Å². The average Bonchev–Trinajstić information content (AvgIpc) is 3.28. The molecule has 1 aromatic heterocycles. The normalized spacial score (nSPS) is 11.7. The number of halogens is 1. The lowest BCUT2D eigenvalue weighted by Crippen LogP contribution is -2.30. The zero-order chi connectivity index (χ0) is 20.8. The summed E-state index contributed by atoms with van der Waals surface area (Å²) < 4.78 is 7.00. The lowest BCUT2D eigenvalue weighted by molar-refractivity contribution is -0.131. The molecule has 152 valence electrons. The van der Waals surface area contributed by atoms with E-state index < -0.39 is 0 Å². The Hall–Kier alpha value is -3.06. The third-order valence-electron chi connectivity index (χ3n) is 4.85. The Labute approximate surface area is 175 Å². The van der Waals surface area contributed by atoms with E-state index in [9.17, 15) is 4.79 Å². The van der Waals surface area contributed by atoms with Crippen LogP contribution in [0, 0.1) is 0 Å². The molecule has 0 saturated heterocycles. The zero-order valence-electron chi connectivity index (χ0n) is 16.7. The van der Waals surface area contributed by atoms with Gasteiger partial charge >= 0.3 is 0 Å². The topological polar surface area (TPSA) is 72.3 Å². The van der Waals surface area contributed by atoms with E-state index in [0.29, 0.717) is 23.7 Å². The lowest BCUT2D eigenvalue weighted by Gasteiger charge is -2.26. The summed E-state index contributed by atoms with van der Waals surface area (Å²) in [5.41, 5.74) is 2.74. The van der Waals surface area contributed by atoms with Crippen LogP contribution in [-0.4, -0.2) is 46.3 Å². The summed E-state index contributed by atoms with van der Waals surface area (Å²) in [5, 5.41) is 7.95. The zero-order valence-corrected chi connectivity index (χ0v) is 17.4. The number of benzene rings is 2. The number of amides is 1. The highest BCUT2D eigenvalue weighted by Gasteiger charge is 2.17. The number of hydrogen-bond acceptors (Lipinski definition) is 5. The molecule has 0 bridgehead atoms. The number of ether oxygens (including phenoxy) is 1. The Balaban J connectivity index is 1.56. The molecule has 0 radical (unpaired) electrons. The molecule has 0 fully saturated rings. The number of carbonyl (C=O) groups is 1. The summed E-state index contributed by atoms with van der Waals surface area (Å²) in [6.07, 6.45) is 3.50. The van der Waals surface area contributed by atoms with Crippen molar-refractivity contribution in [1.82, 2.24) is 19.7 Å². The summed E-state index contributed by atoms with van der Waals surface area (Å²) >= 11 is 6.04. The minimum Gasteiger partial charge on any atom is -0.495 e. The SMILES string of the molecule is COc1ccc(Cl)cc1NCCC(=O)N(C)C(C)c1ccc(-n2cncn2)cc1. The van der Waals surface area contributed by atoms with Gasteiger partial charge < -0.3 is 15.0 Å². The largest absolute Gasteiger partial charge is 0.495 e. The van der Waals surface area contributed by atoms with E-state index in [2.05, 4.69) is 15.4 Å². The average molecular weight is 414 g/mol. The van der Waals surface area contributed by atoms with E-state index in [1.807, 2.05) is 38.2 Å². The predicted molar refractivity (Wildman–Crippen MR) is 114 cm³/mol. The molecule has 3 aromatic rings. The third kappa shape index (κ3) is 5.06. The highest BCUT2D eigenvalue weighted by Crippen LogP contribution is 2.27. The van der Waals surface area contributed by atoms with Crippen molar-refractivity contribution in [2.75, 3.05) is 26.0 Å². The van der Waals surface area contributed by atoms with E-state index >= 15 is 0 Å². The molecule has 0 spiro atoms. The number of aromatic nitrogens is 3. The molecule has 1 amide bonds. The van der Waals surface area contributed by atoms with Crippen molar-refractivity contribution in [2.24, 2.45) is 0 Å². The fraction of sp³-hybridized carbons (Fsp3) is 0.286. The number of nitrogens with zero attached hydrogens (tertiary/aromatic N) is 4. The van der Waals surface area contributed by atoms with E-state index in [1.54, 1.807) is 41.2 Å². The molecule has 1 atom stereocenters. The molecule has 1 heterocycles. The van der Waals surface area contributed by atoms with E-state index in [1.165, 1.54) is 6.33 Å². The van der Waals surface area contributed by atoms with Crippen molar-refractivity contribution in [3.8, 4) is 11.4 Å². The van der Waals surface area contributed by atoms with Gasteiger partial charge in [0.05, 0.1) is 24.5 Å². The van der Waals surface area contributed by atoms with Crippen LogP contribution in [0.3, 0.4) is 0 Å². The highest BCUT2D eigenvalue weighted by molar-refractivity contribution is 6.30. The summed E-state index contributed by atoms with van der Waals surface area (Å²) in [7, 11) is 3.42. The fourth-order valence-corrected chi connectivity index (χ4v) is 3.16. The van der Waals surface area contributed by atoms with Crippen LogP contribution in [0.25, 0.3) is 5.69 Å². The summed E-state index contributed by atoms with van der Waals surface area (Å²) in [4.78, 5) is 18.3. The minimum atomic E-state index is -0.0481. The van der Waals surface area contributed by atoms with Crippen LogP contribution in [0.15, 0.2) is 55.1 Å². The van der Waals surface area contributed by atoms with E-state index in [0.717, 1.165) is 16.9 Å². The molecule has 0 aliphatic rings. The number of anilines is 1. The first kappa shape index (κ1) is 20.7. The van der Waals surface area contributed by atoms with Gasteiger partial charge in [-0.3, -0.25) is 4.79 Å². The maximum atomic E-state index is 12.6. The van der Waals surface area contributed by atoms with Gasteiger partial charge in [-0.15, -0.1) is 0 Å². The Bertz CT molecular complexity index is 944. The van der Waals surface area contributed by atoms with Crippen molar-refractivity contribution < 1.29 is 9.53 Å². The highest BCUT2D eigenvalue weighted by atomic mass is 35.5. The van der Waals surface area contributed by atoms with Crippen molar-refractivity contribution in [3.63, 3.8) is 0 Å². The first-order valence-electron chi connectivity index (χ1n) is 9.27. The molecule has 2 aromatic carbocycles. The van der Waals surface area contributed by atoms with Crippen LogP contribution in [0.5, 0.6) is 5.75 Å². The molecule has 0 aliphatic heterocycles. The second-order valence-corrected chi connectivity index (χ2v) is 7.07. The van der Waals surface area contributed by atoms with Gasteiger partial charge in [0, 0.05) is 25.0 Å². The second-order valence-electron chi connectivity index (χ2n) is 6.63. The number of rotatable bonds is 8. The molecule has 1 unspecified atom stereocenters. The maximum Gasteiger partial charge on any atom is 0.224 e. The molecule has 3 rings (SSSR count). The molecule has 0 aliphatic carbocycles. The van der Waals surface area contributed by atoms with Gasteiger partial charge in [0.15, 0.2) is 0 Å². The summed E-state index contributed by atoms with van der Waals surface area (Å²) in [6, 6.07) is 13.2. The lowest BCUT2D eigenvalue weighted by atomic mass is 10.1. The van der Waals surface area contributed by atoms with Gasteiger partial charge in [0.2, 0.25) is 5.91 Å². The Morgan fingerprint density at radius 3 is 2.69 bits per heavy atom.